The molecule has 0 atom stereocenters. The van der Waals surface area contributed by atoms with Crippen LogP contribution in [0.15, 0.2) is 54.7 Å². The topological polar surface area (TPSA) is 48.8 Å². The van der Waals surface area contributed by atoms with E-state index in [1.807, 2.05) is 12.3 Å². The number of benzene rings is 2. The third-order valence-corrected chi connectivity index (χ3v) is 4.90. The lowest BCUT2D eigenvalue weighted by Gasteiger charge is -2.16. The average Bonchev–Trinajstić information content (AvgIpc) is 2.71. The SMILES string of the molecule is CC(C)CNc1cccc(C(C)C)c1C=N.CC(C)c1ccc2ncccc2c1. The van der Waals surface area contributed by atoms with Crippen LogP contribution in [-0.2, 0) is 0 Å². The van der Waals surface area contributed by atoms with Gasteiger partial charge in [-0.2, -0.15) is 0 Å². The standard InChI is InChI=1S/C14H22N2.C12H13N/c1-10(2)9-16-14-7-5-6-12(11(3)4)13(14)8-15;1-9(2)10-5-6-12-11(8-10)4-3-7-13-12/h5-8,10-11,15-16H,9H2,1-4H3;3-9H,1-2H3. The Hall–Kier alpha value is -2.68. The van der Waals surface area contributed by atoms with Crippen LogP contribution in [0.3, 0.4) is 0 Å². The summed E-state index contributed by atoms with van der Waals surface area (Å²) in [6, 6.07) is 16.8. The maximum absolute atomic E-state index is 7.54. The monoisotopic (exact) mass is 389 g/mol. The normalized spacial score (nSPS) is 10.9. The number of hydrogen-bond acceptors (Lipinski definition) is 3. The number of fused-ring (bicyclic) bond motifs is 1. The van der Waals surface area contributed by atoms with Crippen molar-refractivity contribution in [1.82, 2.24) is 4.98 Å². The molecule has 0 radical (unpaired) electrons. The smallest absolute Gasteiger partial charge is 0.0702 e. The van der Waals surface area contributed by atoms with Gasteiger partial charge in [-0.15, -0.1) is 0 Å². The Morgan fingerprint density at radius 1 is 0.931 bits per heavy atom. The van der Waals surface area contributed by atoms with Gasteiger partial charge in [0.1, 0.15) is 0 Å². The van der Waals surface area contributed by atoms with Crippen molar-refractivity contribution in [2.45, 2.75) is 53.4 Å². The van der Waals surface area contributed by atoms with E-state index in [2.05, 4.69) is 94.3 Å². The molecule has 0 aliphatic rings. The van der Waals surface area contributed by atoms with Crippen molar-refractivity contribution < 1.29 is 0 Å². The van der Waals surface area contributed by atoms with Crippen molar-refractivity contribution in [3.63, 3.8) is 0 Å². The number of pyridine rings is 1. The molecule has 3 rings (SSSR count). The van der Waals surface area contributed by atoms with Gasteiger partial charge in [-0.25, -0.2) is 0 Å². The lowest BCUT2D eigenvalue weighted by molar-refractivity contribution is 0.688. The summed E-state index contributed by atoms with van der Waals surface area (Å²) in [5.41, 5.74) is 5.80. The summed E-state index contributed by atoms with van der Waals surface area (Å²) in [6.07, 6.45) is 3.29. The molecule has 0 aliphatic heterocycles. The van der Waals surface area contributed by atoms with Gasteiger partial charge in [-0.3, -0.25) is 4.98 Å². The Kier molecular flexibility index (Phi) is 8.38. The van der Waals surface area contributed by atoms with E-state index >= 15 is 0 Å². The fourth-order valence-electron chi connectivity index (χ4n) is 3.17. The third kappa shape index (κ3) is 6.42. The van der Waals surface area contributed by atoms with Gasteiger partial charge in [0.15, 0.2) is 0 Å². The van der Waals surface area contributed by atoms with Crippen LogP contribution in [0.1, 0.15) is 70.1 Å². The molecule has 0 aliphatic carbocycles. The highest BCUT2D eigenvalue weighted by Crippen LogP contribution is 2.24. The number of rotatable bonds is 6. The lowest BCUT2D eigenvalue weighted by atomic mass is 9.96. The molecule has 0 amide bonds. The first kappa shape index (κ1) is 22.6. The van der Waals surface area contributed by atoms with E-state index in [0.717, 1.165) is 23.3 Å². The van der Waals surface area contributed by atoms with E-state index < -0.39 is 0 Å². The summed E-state index contributed by atoms with van der Waals surface area (Å²) < 4.78 is 0. The molecule has 0 saturated heterocycles. The average molecular weight is 390 g/mol. The molecule has 0 bridgehead atoms. The zero-order valence-corrected chi connectivity index (χ0v) is 18.7. The van der Waals surface area contributed by atoms with Crippen molar-refractivity contribution in [1.29, 1.82) is 5.41 Å². The van der Waals surface area contributed by atoms with Gasteiger partial charge in [0.05, 0.1) is 5.52 Å². The Morgan fingerprint density at radius 2 is 1.69 bits per heavy atom. The molecule has 154 valence electrons. The van der Waals surface area contributed by atoms with E-state index in [4.69, 9.17) is 5.41 Å². The molecule has 29 heavy (non-hydrogen) atoms. The maximum atomic E-state index is 7.54. The summed E-state index contributed by atoms with van der Waals surface area (Å²) in [4.78, 5) is 4.28. The van der Waals surface area contributed by atoms with Gasteiger partial charge in [-0.05, 0) is 53.1 Å². The predicted octanol–water partition coefficient (Wildman–Crippen LogP) is 7.23. The summed E-state index contributed by atoms with van der Waals surface area (Å²) in [5.74, 6) is 1.66. The molecule has 3 aromatic rings. The van der Waals surface area contributed by atoms with E-state index in [1.165, 1.54) is 22.7 Å². The van der Waals surface area contributed by atoms with Gasteiger partial charge in [-0.1, -0.05) is 65.8 Å². The first-order chi connectivity index (χ1) is 13.8. The van der Waals surface area contributed by atoms with Crippen LogP contribution in [0.5, 0.6) is 0 Å². The van der Waals surface area contributed by atoms with Crippen LogP contribution in [0.2, 0.25) is 0 Å². The largest absolute Gasteiger partial charge is 0.384 e. The number of hydrogen-bond donors (Lipinski definition) is 2. The Morgan fingerprint density at radius 3 is 2.31 bits per heavy atom. The molecule has 1 aromatic heterocycles. The van der Waals surface area contributed by atoms with Crippen molar-refractivity contribution in [2.24, 2.45) is 5.92 Å². The minimum absolute atomic E-state index is 0.456. The van der Waals surface area contributed by atoms with E-state index in [1.54, 1.807) is 0 Å². The van der Waals surface area contributed by atoms with E-state index in [-0.39, 0.29) is 0 Å². The van der Waals surface area contributed by atoms with Crippen molar-refractivity contribution in [3.05, 3.63) is 71.4 Å². The second kappa shape index (κ2) is 10.8. The molecule has 2 N–H and O–H groups in total. The van der Waals surface area contributed by atoms with Crippen molar-refractivity contribution >= 4 is 22.8 Å². The van der Waals surface area contributed by atoms with Crippen LogP contribution in [0.25, 0.3) is 10.9 Å². The summed E-state index contributed by atoms with van der Waals surface area (Å²) in [6.45, 7) is 14.0. The second-order valence-corrected chi connectivity index (χ2v) is 8.49. The Labute approximate surface area is 176 Å². The van der Waals surface area contributed by atoms with Gasteiger partial charge < -0.3 is 10.7 Å². The second-order valence-electron chi connectivity index (χ2n) is 8.49. The quantitative estimate of drug-likeness (QED) is 0.437. The zero-order valence-electron chi connectivity index (χ0n) is 18.7. The predicted molar refractivity (Wildman–Crippen MR) is 128 cm³/mol. The highest BCUT2D eigenvalue weighted by atomic mass is 14.9. The van der Waals surface area contributed by atoms with Gasteiger partial charge in [0.2, 0.25) is 0 Å². The summed E-state index contributed by atoms with van der Waals surface area (Å²) in [5, 5.41) is 12.2. The summed E-state index contributed by atoms with van der Waals surface area (Å²) >= 11 is 0. The minimum atomic E-state index is 0.456. The van der Waals surface area contributed by atoms with Crippen LogP contribution >= 0.6 is 0 Å². The fraction of sp³-hybridized carbons (Fsp3) is 0.385. The molecule has 1 heterocycles. The molecule has 0 unspecified atom stereocenters. The maximum Gasteiger partial charge on any atom is 0.0702 e. The van der Waals surface area contributed by atoms with E-state index in [9.17, 15) is 0 Å². The molecular formula is C26H35N3. The molecule has 0 spiro atoms. The van der Waals surface area contributed by atoms with Crippen molar-refractivity contribution in [3.8, 4) is 0 Å². The van der Waals surface area contributed by atoms with Crippen LogP contribution in [-0.4, -0.2) is 17.7 Å². The van der Waals surface area contributed by atoms with Crippen LogP contribution < -0.4 is 5.32 Å². The minimum Gasteiger partial charge on any atom is -0.384 e. The lowest BCUT2D eigenvalue weighted by Crippen LogP contribution is -2.10. The van der Waals surface area contributed by atoms with Crippen LogP contribution in [0, 0.1) is 11.3 Å². The van der Waals surface area contributed by atoms with E-state index in [0.29, 0.717) is 17.8 Å². The molecule has 0 saturated carbocycles. The number of nitrogens with zero attached hydrogens (tertiary/aromatic N) is 1. The number of aromatic nitrogens is 1. The number of anilines is 1. The first-order valence-electron chi connectivity index (χ1n) is 10.5. The highest BCUT2D eigenvalue weighted by Gasteiger charge is 2.09. The van der Waals surface area contributed by atoms with Gasteiger partial charge >= 0.3 is 0 Å². The molecule has 3 heteroatoms. The zero-order chi connectivity index (χ0) is 21.4. The summed E-state index contributed by atoms with van der Waals surface area (Å²) in [7, 11) is 0. The molecule has 0 fully saturated rings. The third-order valence-electron chi connectivity index (χ3n) is 4.90. The van der Waals surface area contributed by atoms with Gasteiger partial charge in [0, 0.05) is 35.6 Å². The highest BCUT2D eigenvalue weighted by molar-refractivity contribution is 5.88. The molecule has 3 nitrogen and oxygen atoms in total. The van der Waals surface area contributed by atoms with Crippen molar-refractivity contribution in [2.75, 3.05) is 11.9 Å². The Balaban J connectivity index is 0.000000211. The van der Waals surface area contributed by atoms with Crippen LogP contribution in [0.4, 0.5) is 5.69 Å². The van der Waals surface area contributed by atoms with Gasteiger partial charge in [0.25, 0.3) is 0 Å². The number of nitrogens with one attached hydrogen (secondary N) is 2. The molecular weight excluding hydrogens is 354 g/mol. The first-order valence-corrected chi connectivity index (χ1v) is 10.5. The Bertz CT molecular complexity index is 926. The fourth-order valence-corrected chi connectivity index (χ4v) is 3.17. The molecule has 2 aromatic carbocycles.